The maximum Gasteiger partial charge on any atom is 0.336 e. The van der Waals surface area contributed by atoms with E-state index in [1.165, 1.54) is 5.06 Å². The van der Waals surface area contributed by atoms with Crippen LogP contribution >= 0.6 is 0 Å². The average Bonchev–Trinajstić information content (AvgIpc) is 1.84. The third-order valence-electron chi connectivity index (χ3n) is 0.878. The Bertz CT molecular complexity index is 167. The van der Waals surface area contributed by atoms with Crippen molar-refractivity contribution in [2.45, 2.75) is 13.3 Å². The Morgan fingerprint density at radius 2 is 1.83 bits per heavy atom. The first-order valence-corrected chi connectivity index (χ1v) is 3.60. The largest absolute Gasteiger partial charge is 0.466 e. The standard InChI is InChI=1S/C7H13NO4/c1-4-11-6(9)5-7(10)12-8(2)3/h4-5H2,1-3H3. The normalized spacial score (nSPS) is 9.67. The van der Waals surface area contributed by atoms with Crippen molar-refractivity contribution in [1.29, 1.82) is 0 Å². The van der Waals surface area contributed by atoms with Crippen LogP contribution in [0.1, 0.15) is 13.3 Å². The first-order chi connectivity index (χ1) is 5.56. The molecule has 0 aliphatic rings. The van der Waals surface area contributed by atoms with Crippen LogP contribution in [-0.2, 0) is 19.2 Å². The predicted octanol–water partition coefficient (Wildman–Crippen LogP) is -0.0406. The van der Waals surface area contributed by atoms with Crippen molar-refractivity contribution in [2.75, 3.05) is 20.7 Å². The van der Waals surface area contributed by atoms with Crippen molar-refractivity contribution in [3.63, 3.8) is 0 Å². The van der Waals surface area contributed by atoms with E-state index in [0.29, 0.717) is 0 Å². The number of carbonyl (C=O) groups is 2. The van der Waals surface area contributed by atoms with E-state index in [4.69, 9.17) is 0 Å². The number of hydroxylamine groups is 2. The highest BCUT2D eigenvalue weighted by molar-refractivity contribution is 5.90. The van der Waals surface area contributed by atoms with Gasteiger partial charge in [-0.1, -0.05) is 0 Å². The second kappa shape index (κ2) is 5.54. The van der Waals surface area contributed by atoms with Crippen LogP contribution in [0.3, 0.4) is 0 Å². The molecule has 0 spiro atoms. The molecule has 12 heavy (non-hydrogen) atoms. The van der Waals surface area contributed by atoms with Gasteiger partial charge in [-0.2, -0.15) is 0 Å². The zero-order valence-electron chi connectivity index (χ0n) is 7.49. The van der Waals surface area contributed by atoms with Crippen molar-refractivity contribution in [3.8, 4) is 0 Å². The van der Waals surface area contributed by atoms with Gasteiger partial charge in [-0.25, -0.2) is 4.79 Å². The van der Waals surface area contributed by atoms with Crippen LogP contribution in [0.25, 0.3) is 0 Å². The van der Waals surface area contributed by atoms with E-state index >= 15 is 0 Å². The lowest BCUT2D eigenvalue weighted by Crippen LogP contribution is -2.21. The Labute approximate surface area is 71.2 Å². The molecule has 0 aromatic rings. The Balaban J connectivity index is 3.62. The van der Waals surface area contributed by atoms with Crippen molar-refractivity contribution < 1.29 is 19.2 Å². The molecular formula is C7H13NO4. The molecule has 0 unspecified atom stereocenters. The molecule has 5 nitrogen and oxygen atoms in total. The van der Waals surface area contributed by atoms with Gasteiger partial charge in [0.2, 0.25) is 0 Å². The molecule has 0 bridgehead atoms. The fourth-order valence-electron chi connectivity index (χ4n) is 0.566. The molecule has 5 heteroatoms. The zero-order chi connectivity index (χ0) is 9.56. The minimum atomic E-state index is -0.613. The van der Waals surface area contributed by atoms with Crippen molar-refractivity contribution in [2.24, 2.45) is 0 Å². The molecule has 0 aliphatic heterocycles. The lowest BCUT2D eigenvalue weighted by Gasteiger charge is -2.08. The van der Waals surface area contributed by atoms with Gasteiger partial charge in [0.15, 0.2) is 0 Å². The van der Waals surface area contributed by atoms with Gasteiger partial charge in [0, 0.05) is 14.1 Å². The third kappa shape index (κ3) is 5.67. The van der Waals surface area contributed by atoms with Crippen molar-refractivity contribution in [1.82, 2.24) is 5.06 Å². The van der Waals surface area contributed by atoms with E-state index in [0.717, 1.165) is 0 Å². The molecule has 0 amide bonds. The first kappa shape index (κ1) is 10.9. The van der Waals surface area contributed by atoms with Gasteiger partial charge in [-0.15, -0.1) is 5.06 Å². The number of nitrogens with zero attached hydrogens (tertiary/aromatic N) is 1. The van der Waals surface area contributed by atoms with Crippen LogP contribution in [0.2, 0.25) is 0 Å². The molecule has 0 fully saturated rings. The molecule has 70 valence electrons. The van der Waals surface area contributed by atoms with Crippen LogP contribution < -0.4 is 0 Å². The molecule has 0 heterocycles. The average molecular weight is 175 g/mol. The molecule has 0 aromatic carbocycles. The fourth-order valence-corrected chi connectivity index (χ4v) is 0.566. The Hall–Kier alpha value is -1.10. The predicted molar refractivity (Wildman–Crippen MR) is 41.0 cm³/mol. The summed E-state index contributed by atoms with van der Waals surface area (Å²) in [5.74, 6) is -1.18. The van der Waals surface area contributed by atoms with Gasteiger partial charge in [0.1, 0.15) is 6.42 Å². The third-order valence-corrected chi connectivity index (χ3v) is 0.878. The Morgan fingerprint density at radius 1 is 1.25 bits per heavy atom. The van der Waals surface area contributed by atoms with Crippen LogP contribution in [0, 0.1) is 0 Å². The second-order valence-corrected chi connectivity index (χ2v) is 2.26. The maximum absolute atomic E-state index is 10.8. The van der Waals surface area contributed by atoms with Crippen molar-refractivity contribution in [3.05, 3.63) is 0 Å². The van der Waals surface area contributed by atoms with Gasteiger partial charge in [-0.05, 0) is 6.92 Å². The van der Waals surface area contributed by atoms with E-state index in [-0.39, 0.29) is 13.0 Å². The van der Waals surface area contributed by atoms with Gasteiger partial charge >= 0.3 is 11.9 Å². The summed E-state index contributed by atoms with van der Waals surface area (Å²) in [6, 6.07) is 0. The minimum absolute atomic E-state index is 0.272. The summed E-state index contributed by atoms with van der Waals surface area (Å²) in [5, 5.41) is 1.22. The van der Waals surface area contributed by atoms with E-state index in [1.807, 2.05) is 0 Å². The topological polar surface area (TPSA) is 55.8 Å². The summed E-state index contributed by atoms with van der Waals surface area (Å²) >= 11 is 0. The molecule has 0 atom stereocenters. The molecule has 0 radical (unpaired) electrons. The molecule has 0 N–H and O–H groups in total. The van der Waals surface area contributed by atoms with E-state index in [2.05, 4.69) is 9.57 Å². The Kier molecular flexibility index (Phi) is 5.03. The summed E-state index contributed by atoms with van der Waals surface area (Å²) in [7, 11) is 3.12. The highest BCUT2D eigenvalue weighted by atomic mass is 16.7. The zero-order valence-corrected chi connectivity index (χ0v) is 7.49. The fraction of sp³-hybridized carbons (Fsp3) is 0.714. The summed E-state index contributed by atoms with van der Waals surface area (Å²) in [6.07, 6.45) is -0.341. The monoisotopic (exact) mass is 175 g/mol. The van der Waals surface area contributed by atoms with Crippen LogP contribution in [0.4, 0.5) is 0 Å². The molecule has 0 aliphatic carbocycles. The van der Waals surface area contributed by atoms with Crippen LogP contribution in [-0.4, -0.2) is 37.7 Å². The van der Waals surface area contributed by atoms with Crippen molar-refractivity contribution >= 4 is 11.9 Å². The van der Waals surface area contributed by atoms with Gasteiger partial charge in [0.25, 0.3) is 0 Å². The summed E-state index contributed by atoms with van der Waals surface area (Å²) in [6.45, 7) is 1.95. The number of hydrogen-bond donors (Lipinski definition) is 0. The molecular weight excluding hydrogens is 162 g/mol. The molecule has 0 saturated carbocycles. The molecule has 0 rings (SSSR count). The van der Waals surface area contributed by atoms with Crippen LogP contribution in [0.5, 0.6) is 0 Å². The number of rotatable bonds is 4. The van der Waals surface area contributed by atoms with Crippen LogP contribution in [0.15, 0.2) is 0 Å². The van der Waals surface area contributed by atoms with Gasteiger partial charge in [0.05, 0.1) is 6.61 Å². The highest BCUT2D eigenvalue weighted by Gasteiger charge is 2.12. The van der Waals surface area contributed by atoms with E-state index in [9.17, 15) is 9.59 Å². The number of carbonyl (C=O) groups excluding carboxylic acids is 2. The number of hydrogen-bond acceptors (Lipinski definition) is 5. The quantitative estimate of drug-likeness (QED) is 0.341. The number of ether oxygens (including phenoxy) is 1. The lowest BCUT2D eigenvalue weighted by atomic mass is 10.4. The lowest BCUT2D eigenvalue weighted by molar-refractivity contribution is -0.181. The summed E-state index contributed by atoms with van der Waals surface area (Å²) in [5.41, 5.74) is 0. The minimum Gasteiger partial charge on any atom is -0.466 e. The molecule has 0 aromatic heterocycles. The maximum atomic E-state index is 10.8. The molecule has 0 saturated heterocycles. The smallest absolute Gasteiger partial charge is 0.336 e. The number of esters is 1. The Morgan fingerprint density at radius 3 is 2.25 bits per heavy atom. The summed E-state index contributed by atoms with van der Waals surface area (Å²) in [4.78, 5) is 26.0. The highest BCUT2D eigenvalue weighted by Crippen LogP contribution is 1.91. The first-order valence-electron chi connectivity index (χ1n) is 3.60. The van der Waals surface area contributed by atoms with Gasteiger partial charge in [-0.3, -0.25) is 4.79 Å². The summed E-state index contributed by atoms with van der Waals surface area (Å²) < 4.78 is 4.54. The van der Waals surface area contributed by atoms with E-state index in [1.54, 1.807) is 21.0 Å². The van der Waals surface area contributed by atoms with E-state index < -0.39 is 11.9 Å². The second-order valence-electron chi connectivity index (χ2n) is 2.26. The van der Waals surface area contributed by atoms with Gasteiger partial charge < -0.3 is 9.57 Å². The SMILES string of the molecule is CCOC(=O)CC(=O)ON(C)C.